The third-order valence-corrected chi connectivity index (χ3v) is 4.28. The van der Waals surface area contributed by atoms with Gasteiger partial charge in [-0.05, 0) is 43.3 Å². The van der Waals surface area contributed by atoms with Gasteiger partial charge in [-0.2, -0.15) is 4.98 Å². The minimum absolute atomic E-state index is 0.0377. The molecule has 0 aliphatic heterocycles. The van der Waals surface area contributed by atoms with E-state index in [-0.39, 0.29) is 18.5 Å². The van der Waals surface area contributed by atoms with Crippen LogP contribution in [0.3, 0.4) is 0 Å². The topological polar surface area (TPSA) is 65.2 Å². The highest BCUT2D eigenvalue weighted by Gasteiger charge is 2.16. The van der Waals surface area contributed by atoms with Crippen molar-refractivity contribution in [1.29, 1.82) is 0 Å². The Labute approximate surface area is 137 Å². The van der Waals surface area contributed by atoms with Gasteiger partial charge in [-0.25, -0.2) is 4.79 Å². The van der Waals surface area contributed by atoms with E-state index in [4.69, 9.17) is 9.26 Å². The SMILES string of the molecule is Cc1cc(C)c(C(=O)OCc2nc(-c3cccs3)no2)c(C)c1. The minimum atomic E-state index is -0.379. The first-order valence-corrected chi connectivity index (χ1v) is 8.04. The second kappa shape index (κ2) is 6.34. The summed E-state index contributed by atoms with van der Waals surface area (Å²) in [5, 5.41) is 5.83. The van der Waals surface area contributed by atoms with Crippen LogP contribution in [-0.4, -0.2) is 16.1 Å². The molecule has 0 aliphatic carbocycles. The normalized spacial score (nSPS) is 10.7. The Bertz CT molecular complexity index is 814. The lowest BCUT2D eigenvalue weighted by molar-refractivity contribution is 0.0428. The molecule has 0 radical (unpaired) electrons. The average Bonchev–Trinajstić information content (AvgIpc) is 3.15. The largest absolute Gasteiger partial charge is 0.452 e. The van der Waals surface area contributed by atoms with E-state index in [1.54, 1.807) is 0 Å². The molecule has 118 valence electrons. The van der Waals surface area contributed by atoms with Crippen molar-refractivity contribution in [3.05, 3.63) is 57.8 Å². The Morgan fingerprint density at radius 1 is 1.26 bits per heavy atom. The lowest BCUT2D eigenvalue weighted by atomic mass is 10.00. The zero-order chi connectivity index (χ0) is 16.4. The Hall–Kier alpha value is -2.47. The number of benzene rings is 1. The van der Waals surface area contributed by atoms with Crippen LogP contribution in [-0.2, 0) is 11.3 Å². The molecule has 0 amide bonds. The van der Waals surface area contributed by atoms with Crippen molar-refractivity contribution < 1.29 is 14.1 Å². The van der Waals surface area contributed by atoms with Crippen LogP contribution >= 0.6 is 11.3 Å². The minimum Gasteiger partial charge on any atom is -0.452 e. The van der Waals surface area contributed by atoms with E-state index in [0.717, 1.165) is 21.6 Å². The molecule has 5 nitrogen and oxygen atoms in total. The van der Waals surface area contributed by atoms with Crippen LogP contribution < -0.4 is 0 Å². The van der Waals surface area contributed by atoms with Crippen molar-refractivity contribution in [2.75, 3.05) is 0 Å². The molecule has 0 aliphatic rings. The van der Waals surface area contributed by atoms with Gasteiger partial charge in [0.2, 0.25) is 5.82 Å². The molecule has 2 aromatic heterocycles. The summed E-state index contributed by atoms with van der Waals surface area (Å²) in [5.74, 6) is 0.411. The van der Waals surface area contributed by atoms with Crippen LogP contribution in [0.2, 0.25) is 0 Å². The number of nitrogens with zero attached hydrogens (tertiary/aromatic N) is 2. The summed E-state index contributed by atoms with van der Waals surface area (Å²) in [4.78, 5) is 17.4. The molecule has 0 bridgehead atoms. The lowest BCUT2D eigenvalue weighted by Gasteiger charge is -2.09. The van der Waals surface area contributed by atoms with E-state index in [9.17, 15) is 4.79 Å². The van der Waals surface area contributed by atoms with E-state index in [1.807, 2.05) is 50.4 Å². The second-order valence-electron chi connectivity index (χ2n) is 5.34. The quantitative estimate of drug-likeness (QED) is 0.675. The van der Waals surface area contributed by atoms with E-state index in [0.29, 0.717) is 11.4 Å². The number of ether oxygens (including phenoxy) is 1. The first kappa shape index (κ1) is 15.4. The Morgan fingerprint density at radius 2 is 2.00 bits per heavy atom. The van der Waals surface area contributed by atoms with Gasteiger partial charge in [0, 0.05) is 0 Å². The van der Waals surface area contributed by atoms with Crippen molar-refractivity contribution in [3.8, 4) is 10.7 Å². The molecule has 0 saturated carbocycles. The summed E-state index contributed by atoms with van der Waals surface area (Å²) in [6.07, 6.45) is 0. The van der Waals surface area contributed by atoms with Gasteiger partial charge in [0.15, 0.2) is 6.61 Å². The molecule has 0 spiro atoms. The highest BCUT2D eigenvalue weighted by Crippen LogP contribution is 2.22. The zero-order valence-corrected chi connectivity index (χ0v) is 13.9. The monoisotopic (exact) mass is 328 g/mol. The summed E-state index contributed by atoms with van der Waals surface area (Å²) >= 11 is 1.52. The maximum atomic E-state index is 12.3. The van der Waals surface area contributed by atoms with Crippen LogP contribution in [0.15, 0.2) is 34.2 Å². The van der Waals surface area contributed by atoms with Gasteiger partial charge in [0.05, 0.1) is 10.4 Å². The fourth-order valence-corrected chi connectivity index (χ4v) is 3.17. The predicted molar refractivity (Wildman–Crippen MR) is 87.4 cm³/mol. The van der Waals surface area contributed by atoms with Gasteiger partial charge in [-0.1, -0.05) is 28.9 Å². The maximum absolute atomic E-state index is 12.3. The van der Waals surface area contributed by atoms with E-state index >= 15 is 0 Å². The smallest absolute Gasteiger partial charge is 0.339 e. The van der Waals surface area contributed by atoms with E-state index < -0.39 is 0 Å². The molecule has 2 heterocycles. The fraction of sp³-hybridized carbons (Fsp3) is 0.235. The maximum Gasteiger partial charge on any atom is 0.339 e. The first-order chi connectivity index (χ1) is 11.0. The number of rotatable bonds is 4. The molecule has 0 unspecified atom stereocenters. The van der Waals surface area contributed by atoms with Crippen molar-refractivity contribution >= 4 is 17.3 Å². The van der Waals surface area contributed by atoms with Crippen LogP contribution in [0, 0.1) is 20.8 Å². The summed E-state index contributed by atoms with van der Waals surface area (Å²) in [6, 6.07) is 7.75. The number of aryl methyl sites for hydroxylation is 3. The van der Waals surface area contributed by atoms with Crippen LogP contribution in [0.25, 0.3) is 10.7 Å². The molecule has 23 heavy (non-hydrogen) atoms. The van der Waals surface area contributed by atoms with Crippen molar-refractivity contribution in [2.24, 2.45) is 0 Å². The van der Waals surface area contributed by atoms with Gasteiger partial charge in [-0.15, -0.1) is 11.3 Å². The predicted octanol–water partition coefficient (Wildman–Crippen LogP) is 4.08. The molecule has 0 N–H and O–H groups in total. The second-order valence-corrected chi connectivity index (χ2v) is 6.29. The molecule has 3 rings (SSSR count). The van der Waals surface area contributed by atoms with Gasteiger partial charge in [0.1, 0.15) is 0 Å². The van der Waals surface area contributed by atoms with Gasteiger partial charge >= 0.3 is 5.97 Å². The number of carbonyl (C=O) groups excluding carboxylic acids is 1. The van der Waals surface area contributed by atoms with Crippen molar-refractivity contribution in [1.82, 2.24) is 10.1 Å². The van der Waals surface area contributed by atoms with Gasteiger partial charge in [-0.3, -0.25) is 0 Å². The third kappa shape index (κ3) is 3.32. The molecular weight excluding hydrogens is 312 g/mol. The number of esters is 1. The first-order valence-electron chi connectivity index (χ1n) is 7.16. The summed E-state index contributed by atoms with van der Waals surface area (Å²) in [7, 11) is 0. The van der Waals surface area contributed by atoms with Crippen molar-refractivity contribution in [3.63, 3.8) is 0 Å². The standard InChI is InChI=1S/C17H16N2O3S/c1-10-7-11(2)15(12(3)8-10)17(20)21-9-14-18-16(19-22-14)13-5-4-6-23-13/h4-8H,9H2,1-3H3. The molecule has 0 fully saturated rings. The highest BCUT2D eigenvalue weighted by molar-refractivity contribution is 7.13. The molecule has 0 atom stereocenters. The number of carbonyl (C=O) groups is 1. The molecule has 0 saturated heterocycles. The molecule has 6 heteroatoms. The van der Waals surface area contributed by atoms with Crippen LogP contribution in [0.5, 0.6) is 0 Å². The number of hydrogen-bond donors (Lipinski definition) is 0. The molecule has 3 aromatic rings. The Kier molecular flexibility index (Phi) is 4.25. The summed E-state index contributed by atoms with van der Waals surface area (Å²) in [6.45, 7) is 5.76. The molecular formula is C17H16N2O3S. The number of hydrogen-bond acceptors (Lipinski definition) is 6. The Balaban J connectivity index is 1.70. The third-order valence-electron chi connectivity index (χ3n) is 3.42. The Morgan fingerprint density at radius 3 is 2.65 bits per heavy atom. The fourth-order valence-electron chi connectivity index (χ4n) is 2.52. The van der Waals surface area contributed by atoms with Crippen molar-refractivity contribution in [2.45, 2.75) is 27.4 Å². The average molecular weight is 328 g/mol. The number of thiophene rings is 1. The van der Waals surface area contributed by atoms with E-state index in [2.05, 4.69) is 10.1 Å². The van der Waals surface area contributed by atoms with Gasteiger partial charge in [0.25, 0.3) is 5.89 Å². The lowest BCUT2D eigenvalue weighted by Crippen LogP contribution is -2.09. The van der Waals surface area contributed by atoms with E-state index in [1.165, 1.54) is 11.3 Å². The van der Waals surface area contributed by atoms with Crippen LogP contribution in [0.1, 0.15) is 32.9 Å². The summed E-state index contributed by atoms with van der Waals surface area (Å²) < 4.78 is 10.4. The summed E-state index contributed by atoms with van der Waals surface area (Å²) in [5.41, 5.74) is 3.51. The molecule has 1 aromatic carbocycles. The number of aromatic nitrogens is 2. The van der Waals surface area contributed by atoms with Crippen LogP contribution in [0.4, 0.5) is 0 Å². The zero-order valence-electron chi connectivity index (χ0n) is 13.1. The van der Waals surface area contributed by atoms with Gasteiger partial charge < -0.3 is 9.26 Å². The highest BCUT2D eigenvalue weighted by atomic mass is 32.1.